The quantitative estimate of drug-likeness (QED) is 0.302. The molecule has 0 aliphatic heterocycles. The van der Waals surface area contributed by atoms with Gasteiger partial charge in [0.1, 0.15) is 11.4 Å². The Kier molecular flexibility index (Phi) is 5.19. The Morgan fingerprint density at radius 2 is 1.69 bits per heavy atom. The summed E-state index contributed by atoms with van der Waals surface area (Å²) in [7, 11) is -3.71. The molecular formula is C27H21N5O3S. The monoisotopic (exact) mass is 495 g/mol. The van der Waals surface area contributed by atoms with Crippen LogP contribution in [0.3, 0.4) is 0 Å². The normalized spacial score (nSPS) is 11.7. The number of anilines is 4. The molecule has 0 aliphatic rings. The standard InChI is InChI=1S/C27H21N5O3S/c1-19-6-12-23(13-7-19)36(33,34)30-21-8-10-22(11-9-21)32(26-15-17-31-25(29-26)14-16-28-31)27-18-20-4-2-3-5-24(20)35-27/h2-18,30H,1H3. The van der Waals surface area contributed by atoms with Crippen molar-refractivity contribution in [3.8, 4) is 0 Å². The van der Waals surface area contributed by atoms with Gasteiger partial charge < -0.3 is 4.42 Å². The van der Waals surface area contributed by atoms with Gasteiger partial charge in [0.05, 0.1) is 16.8 Å². The van der Waals surface area contributed by atoms with Crippen molar-refractivity contribution in [3.63, 3.8) is 0 Å². The largest absolute Gasteiger partial charge is 0.440 e. The summed E-state index contributed by atoms with van der Waals surface area (Å²) in [5, 5.41) is 5.19. The number of sulfonamides is 1. The molecule has 36 heavy (non-hydrogen) atoms. The van der Waals surface area contributed by atoms with Crippen molar-refractivity contribution in [1.29, 1.82) is 0 Å². The highest BCUT2D eigenvalue weighted by molar-refractivity contribution is 7.92. The molecule has 1 N–H and O–H groups in total. The van der Waals surface area contributed by atoms with Crippen LogP contribution >= 0.6 is 0 Å². The second-order valence-electron chi connectivity index (χ2n) is 8.34. The number of fused-ring (bicyclic) bond motifs is 2. The van der Waals surface area contributed by atoms with E-state index in [1.807, 2.05) is 72.6 Å². The van der Waals surface area contributed by atoms with E-state index in [9.17, 15) is 8.42 Å². The molecular weight excluding hydrogens is 474 g/mol. The predicted molar refractivity (Wildman–Crippen MR) is 139 cm³/mol. The number of rotatable bonds is 6. The lowest BCUT2D eigenvalue weighted by molar-refractivity contribution is 0.601. The topological polar surface area (TPSA) is 92.7 Å². The fourth-order valence-electron chi connectivity index (χ4n) is 3.99. The molecule has 0 saturated heterocycles. The fraction of sp³-hybridized carbons (Fsp3) is 0.0370. The molecule has 0 bridgehead atoms. The van der Waals surface area contributed by atoms with Crippen molar-refractivity contribution in [2.45, 2.75) is 11.8 Å². The molecule has 0 radical (unpaired) electrons. The van der Waals surface area contributed by atoms with Gasteiger partial charge in [-0.15, -0.1) is 0 Å². The molecule has 3 heterocycles. The van der Waals surface area contributed by atoms with Crippen LogP contribution < -0.4 is 9.62 Å². The van der Waals surface area contributed by atoms with Gasteiger partial charge in [0, 0.05) is 29.4 Å². The molecule has 0 amide bonds. The molecule has 178 valence electrons. The lowest BCUT2D eigenvalue weighted by atomic mass is 10.2. The second-order valence-corrected chi connectivity index (χ2v) is 10.0. The minimum atomic E-state index is -3.71. The van der Waals surface area contributed by atoms with E-state index in [0.717, 1.165) is 22.2 Å². The van der Waals surface area contributed by atoms with Crippen LogP contribution in [-0.2, 0) is 10.0 Å². The third-order valence-corrected chi connectivity index (χ3v) is 7.21. The van der Waals surface area contributed by atoms with E-state index < -0.39 is 10.0 Å². The lowest BCUT2D eigenvalue weighted by Gasteiger charge is -2.21. The number of aryl methyl sites for hydroxylation is 1. The average Bonchev–Trinajstić information content (AvgIpc) is 3.52. The van der Waals surface area contributed by atoms with E-state index in [-0.39, 0.29) is 4.90 Å². The molecule has 6 aromatic rings. The summed E-state index contributed by atoms with van der Waals surface area (Å²) in [6, 6.07) is 27.2. The van der Waals surface area contributed by atoms with Crippen molar-refractivity contribution in [3.05, 3.63) is 109 Å². The summed E-state index contributed by atoms with van der Waals surface area (Å²) in [5.74, 6) is 1.22. The maximum Gasteiger partial charge on any atom is 0.261 e. The van der Waals surface area contributed by atoms with Crippen LogP contribution in [0.4, 0.5) is 23.1 Å². The number of para-hydroxylation sites is 1. The Bertz CT molecular complexity index is 1750. The van der Waals surface area contributed by atoms with Gasteiger partial charge in [-0.2, -0.15) is 5.10 Å². The summed E-state index contributed by atoms with van der Waals surface area (Å²) in [5.41, 5.74) is 3.64. The molecule has 0 fully saturated rings. The van der Waals surface area contributed by atoms with Gasteiger partial charge in [0.15, 0.2) is 5.65 Å². The summed E-state index contributed by atoms with van der Waals surface area (Å²) >= 11 is 0. The summed E-state index contributed by atoms with van der Waals surface area (Å²) in [4.78, 5) is 6.83. The first-order valence-electron chi connectivity index (χ1n) is 11.2. The number of nitrogens with one attached hydrogen (secondary N) is 1. The first-order chi connectivity index (χ1) is 17.5. The average molecular weight is 496 g/mol. The molecule has 0 atom stereocenters. The zero-order chi connectivity index (χ0) is 24.7. The maximum absolute atomic E-state index is 12.8. The zero-order valence-electron chi connectivity index (χ0n) is 19.2. The molecule has 9 heteroatoms. The van der Waals surface area contributed by atoms with Crippen molar-refractivity contribution in [1.82, 2.24) is 14.6 Å². The minimum Gasteiger partial charge on any atom is -0.440 e. The second kappa shape index (κ2) is 8.54. The predicted octanol–water partition coefficient (Wildman–Crippen LogP) is 6.05. The van der Waals surface area contributed by atoms with Crippen LogP contribution in [-0.4, -0.2) is 23.0 Å². The van der Waals surface area contributed by atoms with Gasteiger partial charge in [-0.05, 0) is 55.5 Å². The highest BCUT2D eigenvalue weighted by atomic mass is 32.2. The van der Waals surface area contributed by atoms with Gasteiger partial charge in [0.25, 0.3) is 10.0 Å². The van der Waals surface area contributed by atoms with E-state index in [1.165, 1.54) is 0 Å². The van der Waals surface area contributed by atoms with Gasteiger partial charge in [-0.1, -0.05) is 35.9 Å². The zero-order valence-corrected chi connectivity index (χ0v) is 20.1. The molecule has 8 nitrogen and oxygen atoms in total. The van der Waals surface area contributed by atoms with Gasteiger partial charge in [0.2, 0.25) is 5.88 Å². The highest BCUT2D eigenvalue weighted by Crippen LogP contribution is 2.37. The summed E-state index contributed by atoms with van der Waals surface area (Å²) in [6.07, 6.45) is 3.52. The van der Waals surface area contributed by atoms with Gasteiger partial charge in [-0.25, -0.2) is 17.9 Å². The summed E-state index contributed by atoms with van der Waals surface area (Å²) in [6.45, 7) is 1.91. The SMILES string of the molecule is Cc1ccc(S(=O)(=O)Nc2ccc(N(c3ccn4nccc4n3)c3cc4ccccc4o3)cc2)cc1. The third kappa shape index (κ3) is 4.05. The molecule has 6 rings (SSSR count). The van der Waals surface area contributed by atoms with Crippen LogP contribution in [0.5, 0.6) is 0 Å². The number of furan rings is 1. The third-order valence-electron chi connectivity index (χ3n) is 5.81. The molecule has 0 unspecified atom stereocenters. The number of benzene rings is 3. The number of hydrogen-bond donors (Lipinski definition) is 1. The van der Waals surface area contributed by atoms with E-state index >= 15 is 0 Å². The molecule has 0 saturated carbocycles. The van der Waals surface area contributed by atoms with Crippen LogP contribution in [0, 0.1) is 6.92 Å². The van der Waals surface area contributed by atoms with Crippen LogP contribution in [0.2, 0.25) is 0 Å². The first kappa shape index (κ1) is 21.9. The van der Waals surface area contributed by atoms with Crippen molar-refractivity contribution in [2.75, 3.05) is 9.62 Å². The molecule has 0 spiro atoms. The Hall–Kier alpha value is -4.63. The Labute approximate surface area is 207 Å². The Morgan fingerprint density at radius 1 is 0.917 bits per heavy atom. The van der Waals surface area contributed by atoms with E-state index in [2.05, 4.69) is 9.82 Å². The van der Waals surface area contributed by atoms with Crippen molar-refractivity contribution >= 4 is 49.7 Å². The number of nitrogens with zero attached hydrogens (tertiary/aromatic N) is 4. The molecule has 3 aromatic heterocycles. The van der Waals surface area contributed by atoms with Crippen LogP contribution in [0.1, 0.15) is 5.56 Å². The minimum absolute atomic E-state index is 0.208. The van der Waals surface area contributed by atoms with Crippen molar-refractivity contribution < 1.29 is 12.8 Å². The van der Waals surface area contributed by atoms with E-state index in [0.29, 0.717) is 23.0 Å². The molecule has 3 aromatic carbocycles. The number of hydrogen-bond acceptors (Lipinski definition) is 6. The Morgan fingerprint density at radius 3 is 2.47 bits per heavy atom. The highest BCUT2D eigenvalue weighted by Gasteiger charge is 2.20. The maximum atomic E-state index is 12.8. The van der Waals surface area contributed by atoms with E-state index in [1.54, 1.807) is 47.1 Å². The summed E-state index contributed by atoms with van der Waals surface area (Å²) < 4.78 is 36.1. The number of aromatic nitrogens is 3. The van der Waals surface area contributed by atoms with Gasteiger partial charge in [-0.3, -0.25) is 9.62 Å². The Balaban J connectivity index is 1.38. The van der Waals surface area contributed by atoms with Crippen LogP contribution in [0.15, 0.2) is 113 Å². The smallest absolute Gasteiger partial charge is 0.261 e. The fourth-order valence-corrected chi connectivity index (χ4v) is 5.05. The van der Waals surface area contributed by atoms with E-state index in [4.69, 9.17) is 9.40 Å². The molecule has 0 aliphatic carbocycles. The first-order valence-corrected chi connectivity index (χ1v) is 12.7. The van der Waals surface area contributed by atoms with Gasteiger partial charge >= 0.3 is 0 Å². The van der Waals surface area contributed by atoms with Crippen LogP contribution in [0.25, 0.3) is 16.6 Å². The van der Waals surface area contributed by atoms with Crippen molar-refractivity contribution in [2.24, 2.45) is 0 Å². The lowest BCUT2D eigenvalue weighted by Crippen LogP contribution is -2.14.